The van der Waals surface area contributed by atoms with Gasteiger partial charge in [0.05, 0.1) is 38.6 Å². The average Bonchev–Trinajstić information content (AvgIpc) is 3.45. The molecule has 17 unspecified atom stereocenters. The molecule has 0 aromatic carbocycles. The van der Waals surface area contributed by atoms with E-state index in [0.29, 0.717) is 12.8 Å². The van der Waals surface area contributed by atoms with Crippen LogP contribution in [0.15, 0.2) is 85.1 Å². The summed E-state index contributed by atoms with van der Waals surface area (Å²) in [6.07, 6.45) is 22.8. The lowest BCUT2D eigenvalue weighted by molar-refractivity contribution is -0.379. The number of unbranched alkanes of at least 4 members (excludes halogenated alkanes) is 12. The van der Waals surface area contributed by atoms with Gasteiger partial charge in [-0.05, 0) is 77.0 Å². The van der Waals surface area contributed by atoms with Gasteiger partial charge in [-0.3, -0.25) is 4.79 Å². The summed E-state index contributed by atoms with van der Waals surface area (Å²) in [5.41, 5.74) is 0. The standard InChI is InChI=1S/C59H99NO18/c1-3-5-7-9-11-13-15-17-19-20-21-22-23-25-27-29-31-33-35-37-47(65)60-42(43(64)36-34-32-30-28-26-24-18-16-14-12-10-8-6-4-2)41-73-57-53(71)50(68)55(45(39-62)75-57)78-59-54(72)51(69)56(46(40-63)76-59)77-58-52(70)49(67)48(66)44(38-61)74-58/h5,7,11,13,17,19,21-22,25-28,34,36,42-46,48-59,61-64,66-72H,3-4,6,8-10,12,14-16,18,20,23-24,29-33,35,37-41H2,1-2H3,(H,60,65)/b7-5-,13-11-,19-17-,22-21-,27-25-,28-26+,36-34+. The lowest BCUT2D eigenvalue weighted by Crippen LogP contribution is -2.66. The van der Waals surface area contributed by atoms with Crippen LogP contribution in [0.5, 0.6) is 0 Å². The minimum absolute atomic E-state index is 0.191. The Bertz CT molecular complexity index is 1750. The molecular weight excluding hydrogens is 1010 g/mol. The molecule has 3 aliphatic heterocycles. The van der Waals surface area contributed by atoms with Gasteiger partial charge in [0.1, 0.15) is 73.2 Å². The van der Waals surface area contributed by atoms with E-state index in [1.165, 1.54) is 44.9 Å². The highest BCUT2D eigenvalue weighted by Crippen LogP contribution is 2.33. The first-order chi connectivity index (χ1) is 37.8. The van der Waals surface area contributed by atoms with Gasteiger partial charge in [-0.25, -0.2) is 0 Å². The SMILES string of the molecule is CC/C=C\C/C=C\C/C=C\C/C=C\C/C=C\CCCCCC(=O)NC(COC1OC(CO)C(OC2OC(CO)C(OC3OC(CO)C(O)C(O)C3O)C(O)C2O)C(O)C1O)C(O)/C=C/CC/C=C/CCCCCCCCCC. The molecule has 3 saturated heterocycles. The van der Waals surface area contributed by atoms with Crippen molar-refractivity contribution in [2.24, 2.45) is 0 Å². The highest BCUT2D eigenvalue weighted by molar-refractivity contribution is 5.76. The van der Waals surface area contributed by atoms with Crippen LogP contribution in [0, 0.1) is 0 Å². The first-order valence-electron chi connectivity index (χ1n) is 28.8. The Labute approximate surface area is 463 Å². The van der Waals surface area contributed by atoms with Crippen molar-refractivity contribution >= 4 is 5.91 Å². The number of hydrogen-bond donors (Lipinski definition) is 12. The van der Waals surface area contributed by atoms with Crippen molar-refractivity contribution in [2.45, 2.75) is 253 Å². The van der Waals surface area contributed by atoms with Crippen LogP contribution in [0.2, 0.25) is 0 Å². The third-order valence-electron chi connectivity index (χ3n) is 13.9. The third kappa shape index (κ3) is 25.8. The lowest BCUT2D eigenvalue weighted by Gasteiger charge is -2.48. The minimum atomic E-state index is -1.99. The predicted octanol–water partition coefficient (Wildman–Crippen LogP) is 4.42. The van der Waals surface area contributed by atoms with Gasteiger partial charge in [0.15, 0.2) is 18.9 Å². The number of allylic oxidation sites excluding steroid dienone is 13. The Morgan fingerprint density at radius 1 is 0.474 bits per heavy atom. The maximum absolute atomic E-state index is 13.3. The summed E-state index contributed by atoms with van der Waals surface area (Å²) in [5.74, 6) is -0.322. The van der Waals surface area contributed by atoms with Crippen molar-refractivity contribution < 1.29 is 89.4 Å². The van der Waals surface area contributed by atoms with E-state index in [1.54, 1.807) is 6.08 Å². The molecule has 17 atom stereocenters. The Kier molecular flexibility index (Phi) is 37.2. The van der Waals surface area contributed by atoms with Crippen LogP contribution < -0.4 is 5.32 Å². The number of aliphatic hydroxyl groups is 11. The topological polar surface area (TPSA) is 307 Å². The second-order valence-corrected chi connectivity index (χ2v) is 20.4. The second-order valence-electron chi connectivity index (χ2n) is 20.4. The van der Waals surface area contributed by atoms with E-state index in [0.717, 1.165) is 70.6 Å². The lowest BCUT2D eigenvalue weighted by atomic mass is 9.96. The summed E-state index contributed by atoms with van der Waals surface area (Å²) in [6, 6.07) is -1.01. The number of amides is 1. The molecule has 0 saturated carbocycles. The molecule has 78 heavy (non-hydrogen) atoms. The quantitative estimate of drug-likeness (QED) is 0.0299. The van der Waals surface area contributed by atoms with Gasteiger partial charge < -0.3 is 89.9 Å². The summed E-state index contributed by atoms with van der Waals surface area (Å²) in [4.78, 5) is 13.3. The minimum Gasteiger partial charge on any atom is -0.394 e. The highest BCUT2D eigenvalue weighted by Gasteiger charge is 2.53. The Hall–Kier alpha value is -3.03. The molecule has 0 spiro atoms. The molecule has 0 aliphatic carbocycles. The van der Waals surface area contributed by atoms with E-state index in [9.17, 15) is 61.0 Å². The number of ether oxygens (including phenoxy) is 6. The molecule has 0 aromatic heterocycles. The molecule has 1 amide bonds. The number of nitrogens with one attached hydrogen (secondary N) is 1. The summed E-state index contributed by atoms with van der Waals surface area (Å²) in [6.45, 7) is 1.52. The van der Waals surface area contributed by atoms with Crippen molar-refractivity contribution in [3.63, 3.8) is 0 Å². The Balaban J connectivity index is 1.54. The van der Waals surface area contributed by atoms with Gasteiger partial charge in [-0.15, -0.1) is 0 Å². The fraction of sp³-hybridized carbons (Fsp3) is 0.746. The van der Waals surface area contributed by atoms with Crippen LogP contribution in [-0.4, -0.2) is 193 Å². The van der Waals surface area contributed by atoms with E-state index in [1.807, 2.05) is 6.08 Å². The zero-order valence-corrected chi connectivity index (χ0v) is 46.4. The van der Waals surface area contributed by atoms with Crippen LogP contribution in [0.3, 0.4) is 0 Å². The summed E-state index contributed by atoms with van der Waals surface area (Å²) < 4.78 is 34.1. The number of carbonyl (C=O) groups is 1. The van der Waals surface area contributed by atoms with E-state index in [2.05, 4.69) is 92.1 Å². The molecule has 12 N–H and O–H groups in total. The first-order valence-corrected chi connectivity index (χ1v) is 28.8. The van der Waals surface area contributed by atoms with Gasteiger partial charge >= 0.3 is 0 Å². The maximum Gasteiger partial charge on any atom is 0.220 e. The largest absolute Gasteiger partial charge is 0.394 e. The van der Waals surface area contributed by atoms with Gasteiger partial charge in [0.25, 0.3) is 0 Å². The van der Waals surface area contributed by atoms with Gasteiger partial charge in [0, 0.05) is 6.42 Å². The van der Waals surface area contributed by atoms with Crippen molar-refractivity contribution in [1.29, 1.82) is 0 Å². The highest BCUT2D eigenvalue weighted by atomic mass is 16.8. The van der Waals surface area contributed by atoms with E-state index in [-0.39, 0.29) is 18.9 Å². The zero-order valence-electron chi connectivity index (χ0n) is 46.4. The van der Waals surface area contributed by atoms with Crippen LogP contribution >= 0.6 is 0 Å². The molecule has 19 heteroatoms. The van der Waals surface area contributed by atoms with E-state index < -0.39 is 124 Å². The molecule has 0 bridgehead atoms. The summed E-state index contributed by atoms with van der Waals surface area (Å²) >= 11 is 0. The van der Waals surface area contributed by atoms with E-state index in [4.69, 9.17) is 28.4 Å². The fourth-order valence-electron chi connectivity index (χ4n) is 9.17. The van der Waals surface area contributed by atoms with Gasteiger partial charge in [0.2, 0.25) is 5.91 Å². The number of carbonyl (C=O) groups excluding carboxylic acids is 1. The monoisotopic (exact) mass is 1110 g/mol. The van der Waals surface area contributed by atoms with Crippen LogP contribution in [-0.2, 0) is 33.2 Å². The molecule has 448 valence electrons. The molecule has 3 aliphatic rings. The fourth-order valence-corrected chi connectivity index (χ4v) is 9.17. The summed E-state index contributed by atoms with van der Waals surface area (Å²) in [7, 11) is 0. The molecule has 0 aromatic rings. The average molecular weight is 1110 g/mol. The summed E-state index contributed by atoms with van der Waals surface area (Å²) in [5, 5.41) is 120. The van der Waals surface area contributed by atoms with Crippen molar-refractivity contribution in [1.82, 2.24) is 5.32 Å². The maximum atomic E-state index is 13.3. The molecule has 3 heterocycles. The molecule has 0 radical (unpaired) electrons. The zero-order chi connectivity index (χ0) is 56.9. The Morgan fingerprint density at radius 2 is 0.897 bits per heavy atom. The van der Waals surface area contributed by atoms with Crippen LogP contribution in [0.25, 0.3) is 0 Å². The smallest absolute Gasteiger partial charge is 0.220 e. The Morgan fingerprint density at radius 3 is 1.44 bits per heavy atom. The van der Waals surface area contributed by atoms with Gasteiger partial charge in [-0.1, -0.05) is 150 Å². The predicted molar refractivity (Wildman–Crippen MR) is 295 cm³/mol. The third-order valence-corrected chi connectivity index (χ3v) is 13.9. The number of aliphatic hydroxyl groups excluding tert-OH is 11. The van der Waals surface area contributed by atoms with Crippen molar-refractivity contribution in [3.8, 4) is 0 Å². The van der Waals surface area contributed by atoms with Crippen LogP contribution in [0.4, 0.5) is 0 Å². The first kappa shape index (κ1) is 69.2. The number of hydrogen-bond acceptors (Lipinski definition) is 18. The van der Waals surface area contributed by atoms with E-state index >= 15 is 0 Å². The van der Waals surface area contributed by atoms with Crippen LogP contribution in [0.1, 0.15) is 149 Å². The van der Waals surface area contributed by atoms with Crippen molar-refractivity contribution in [3.05, 3.63) is 85.1 Å². The number of rotatable bonds is 40. The molecule has 19 nitrogen and oxygen atoms in total. The normalized spacial score (nSPS) is 31.1. The molecule has 3 rings (SSSR count). The van der Waals surface area contributed by atoms with Crippen molar-refractivity contribution in [2.75, 3.05) is 26.4 Å². The second kappa shape index (κ2) is 41.9. The van der Waals surface area contributed by atoms with Gasteiger partial charge in [-0.2, -0.15) is 0 Å². The molecule has 3 fully saturated rings. The molecular formula is C59H99NO18.